The van der Waals surface area contributed by atoms with Gasteiger partial charge in [0.15, 0.2) is 0 Å². The van der Waals surface area contributed by atoms with E-state index in [1.54, 1.807) is 0 Å². The van der Waals surface area contributed by atoms with Gasteiger partial charge in [0.25, 0.3) is 0 Å². The Balaban J connectivity index is 2.39. The van der Waals surface area contributed by atoms with E-state index in [1.807, 2.05) is 32.1 Å². The van der Waals surface area contributed by atoms with Crippen LogP contribution in [0.3, 0.4) is 0 Å². The molecule has 0 radical (unpaired) electrons. The predicted molar refractivity (Wildman–Crippen MR) is 124 cm³/mol. The van der Waals surface area contributed by atoms with Gasteiger partial charge in [-0.1, -0.05) is 12.1 Å². The first kappa shape index (κ1) is 24.5. The van der Waals surface area contributed by atoms with Crippen LogP contribution in [0.15, 0.2) is 31.2 Å². The molecule has 4 nitrogen and oxygen atoms in total. The number of halogens is 3. The van der Waals surface area contributed by atoms with Gasteiger partial charge in [0.05, 0.1) is 20.2 Å². The fraction of sp³-hybridized carbons (Fsp3) is 0.550. The Morgan fingerprint density at radius 2 is 1.74 bits per heavy atom. The molecule has 0 spiro atoms. The zero-order valence-corrected chi connectivity index (χ0v) is 21.0. The van der Waals surface area contributed by atoms with E-state index in [4.69, 9.17) is 14.3 Å². The maximum atomic E-state index is 6.03. The summed E-state index contributed by atoms with van der Waals surface area (Å²) in [5, 5.41) is 3.93. The van der Waals surface area contributed by atoms with Crippen LogP contribution < -0.4 is 9.47 Å². The molecule has 152 valence electrons. The molecule has 27 heavy (non-hydrogen) atoms. The lowest BCUT2D eigenvalue weighted by Gasteiger charge is -2.15. The molecule has 0 aliphatic carbocycles. The highest BCUT2D eigenvalue weighted by atomic mass is 79.9. The summed E-state index contributed by atoms with van der Waals surface area (Å²) in [6.07, 6.45) is 7.07. The van der Waals surface area contributed by atoms with Crippen molar-refractivity contribution < 1.29 is 14.3 Å². The number of unbranched alkanes of at least 4 members (excludes halogenated alkanes) is 3. The first-order valence-corrected chi connectivity index (χ1v) is 11.5. The third-order valence-electron chi connectivity index (χ3n) is 3.59. The van der Waals surface area contributed by atoms with E-state index < -0.39 is 0 Å². The summed E-state index contributed by atoms with van der Waals surface area (Å²) in [7, 11) is 0. The van der Waals surface area contributed by atoms with Crippen LogP contribution >= 0.6 is 47.8 Å². The highest BCUT2D eigenvalue weighted by Crippen LogP contribution is 2.34. The van der Waals surface area contributed by atoms with Crippen molar-refractivity contribution in [2.24, 2.45) is 5.16 Å². The fourth-order valence-corrected chi connectivity index (χ4v) is 3.16. The van der Waals surface area contributed by atoms with Crippen LogP contribution in [-0.4, -0.2) is 25.5 Å². The van der Waals surface area contributed by atoms with Crippen molar-refractivity contribution in [2.75, 3.05) is 19.8 Å². The van der Waals surface area contributed by atoms with Crippen molar-refractivity contribution in [3.63, 3.8) is 0 Å². The second kappa shape index (κ2) is 14.5. The number of ether oxygens (including phenoxy) is 2. The van der Waals surface area contributed by atoms with Gasteiger partial charge in [-0.2, -0.15) is 0 Å². The summed E-state index contributed by atoms with van der Waals surface area (Å²) in [6, 6.07) is 4.00. The minimum atomic E-state index is 0.495. The van der Waals surface area contributed by atoms with Crippen molar-refractivity contribution in [1.29, 1.82) is 0 Å². The topological polar surface area (TPSA) is 40.0 Å². The van der Waals surface area contributed by atoms with Gasteiger partial charge in [-0.05, 0) is 118 Å². The number of rotatable bonds is 13. The average molecular weight is 570 g/mol. The molecule has 0 saturated heterocycles. The standard InChI is InChI=1S/C20H28Br3NO3/c1-4-16-13-17(25-12-9-19(22)23)14-18(21)20(16)26-10-7-5-6-8-11-27-24-15(2)3/h9,13-14H,4-8,10-12H2,1-3H3. The second-order valence-electron chi connectivity index (χ2n) is 6.19. The van der Waals surface area contributed by atoms with E-state index >= 15 is 0 Å². The van der Waals surface area contributed by atoms with Crippen LogP contribution in [0.2, 0.25) is 0 Å². The maximum Gasteiger partial charge on any atom is 0.136 e. The van der Waals surface area contributed by atoms with Gasteiger partial charge in [0.1, 0.15) is 24.7 Å². The largest absolute Gasteiger partial charge is 0.492 e. The van der Waals surface area contributed by atoms with Crippen LogP contribution in [-0.2, 0) is 11.3 Å². The molecule has 1 aromatic carbocycles. The SMILES string of the molecule is CCc1cc(OCC=C(Br)Br)cc(Br)c1OCCCCCCON=C(C)C. The Kier molecular flexibility index (Phi) is 13.1. The van der Waals surface area contributed by atoms with Gasteiger partial charge in [-0.15, -0.1) is 0 Å². The van der Waals surface area contributed by atoms with Crippen LogP contribution in [0.25, 0.3) is 0 Å². The molecular weight excluding hydrogens is 542 g/mol. The quantitative estimate of drug-likeness (QED) is 0.141. The molecule has 0 fully saturated rings. The van der Waals surface area contributed by atoms with Gasteiger partial charge in [0, 0.05) is 0 Å². The third kappa shape index (κ3) is 11.2. The monoisotopic (exact) mass is 567 g/mol. The number of benzene rings is 1. The van der Waals surface area contributed by atoms with Gasteiger partial charge >= 0.3 is 0 Å². The van der Waals surface area contributed by atoms with Crippen molar-refractivity contribution in [3.8, 4) is 11.5 Å². The van der Waals surface area contributed by atoms with E-state index in [9.17, 15) is 0 Å². The molecule has 0 amide bonds. The summed E-state index contributed by atoms with van der Waals surface area (Å²) < 4.78 is 13.6. The molecule has 0 unspecified atom stereocenters. The molecular formula is C20H28Br3NO3. The minimum Gasteiger partial charge on any atom is -0.492 e. The molecule has 0 saturated carbocycles. The Hall–Kier alpha value is -0.530. The van der Waals surface area contributed by atoms with Crippen molar-refractivity contribution in [1.82, 2.24) is 0 Å². The molecule has 0 heterocycles. The number of hydrogen-bond acceptors (Lipinski definition) is 4. The van der Waals surface area contributed by atoms with Crippen LogP contribution in [0.4, 0.5) is 0 Å². The highest BCUT2D eigenvalue weighted by molar-refractivity contribution is 9.28. The summed E-state index contributed by atoms with van der Waals surface area (Å²) >= 11 is 10.3. The van der Waals surface area contributed by atoms with Gasteiger partial charge in [-0.3, -0.25) is 0 Å². The van der Waals surface area contributed by atoms with Crippen LogP contribution in [0, 0.1) is 0 Å². The van der Waals surface area contributed by atoms with E-state index in [2.05, 4.69) is 59.9 Å². The first-order valence-electron chi connectivity index (χ1n) is 9.16. The first-order chi connectivity index (χ1) is 12.9. The van der Waals surface area contributed by atoms with E-state index in [-0.39, 0.29) is 0 Å². The fourth-order valence-electron chi connectivity index (χ4n) is 2.30. The number of hydrogen-bond donors (Lipinski definition) is 0. The summed E-state index contributed by atoms with van der Waals surface area (Å²) in [4.78, 5) is 5.20. The summed E-state index contributed by atoms with van der Waals surface area (Å²) in [5.41, 5.74) is 2.09. The number of aryl methyl sites for hydroxylation is 1. The molecule has 0 aliphatic heterocycles. The minimum absolute atomic E-state index is 0.495. The van der Waals surface area contributed by atoms with Crippen LogP contribution in [0.1, 0.15) is 52.0 Å². The molecule has 0 N–H and O–H groups in total. The van der Waals surface area contributed by atoms with Gasteiger partial charge in [-0.25, -0.2) is 0 Å². The second-order valence-corrected chi connectivity index (χ2v) is 9.81. The molecule has 1 aromatic rings. The number of oxime groups is 1. The summed E-state index contributed by atoms with van der Waals surface area (Å²) in [6.45, 7) is 7.86. The zero-order chi connectivity index (χ0) is 20.1. The molecule has 0 bridgehead atoms. The summed E-state index contributed by atoms with van der Waals surface area (Å²) in [5.74, 6) is 1.74. The van der Waals surface area contributed by atoms with Crippen LogP contribution in [0.5, 0.6) is 11.5 Å². The lowest BCUT2D eigenvalue weighted by molar-refractivity contribution is 0.139. The van der Waals surface area contributed by atoms with Crippen molar-refractivity contribution in [3.05, 3.63) is 31.6 Å². The van der Waals surface area contributed by atoms with E-state index in [0.29, 0.717) is 19.8 Å². The van der Waals surface area contributed by atoms with E-state index in [0.717, 1.165) is 62.7 Å². The Bertz CT molecular complexity index is 625. The van der Waals surface area contributed by atoms with Gasteiger partial charge < -0.3 is 14.3 Å². The smallest absolute Gasteiger partial charge is 0.136 e. The predicted octanol–water partition coefficient (Wildman–Crippen LogP) is 7.37. The maximum absolute atomic E-state index is 6.03. The van der Waals surface area contributed by atoms with Gasteiger partial charge in [0.2, 0.25) is 0 Å². The molecule has 1 rings (SSSR count). The molecule has 0 aromatic heterocycles. The van der Waals surface area contributed by atoms with Crippen molar-refractivity contribution >= 4 is 53.5 Å². The highest BCUT2D eigenvalue weighted by Gasteiger charge is 2.10. The van der Waals surface area contributed by atoms with E-state index in [1.165, 1.54) is 0 Å². The van der Waals surface area contributed by atoms with Crippen molar-refractivity contribution in [2.45, 2.75) is 52.9 Å². The lowest BCUT2D eigenvalue weighted by Crippen LogP contribution is -2.02. The Morgan fingerprint density at radius 3 is 2.37 bits per heavy atom. The normalized spacial score (nSPS) is 10.3. The lowest BCUT2D eigenvalue weighted by atomic mass is 10.1. The Morgan fingerprint density at radius 1 is 1.04 bits per heavy atom. The third-order valence-corrected chi connectivity index (χ3v) is 4.82. The molecule has 0 aliphatic rings. The number of nitrogens with zero attached hydrogens (tertiary/aromatic N) is 1. The molecule has 7 heteroatoms. The zero-order valence-electron chi connectivity index (χ0n) is 16.2. The molecule has 0 atom stereocenters. The average Bonchev–Trinajstić information content (AvgIpc) is 2.60. The Labute approximate surface area is 188 Å².